The third-order valence-corrected chi connectivity index (χ3v) is 4.20. The van der Waals surface area contributed by atoms with Gasteiger partial charge in [-0.25, -0.2) is 0 Å². The van der Waals surface area contributed by atoms with Gasteiger partial charge in [0, 0.05) is 11.3 Å². The molecule has 0 saturated heterocycles. The molecule has 6 heteroatoms. The summed E-state index contributed by atoms with van der Waals surface area (Å²) < 4.78 is 11.1. The number of methoxy groups -OCH3 is 1. The molecule has 0 bridgehead atoms. The maximum Gasteiger partial charge on any atom is 0.251 e. The number of anilines is 1. The van der Waals surface area contributed by atoms with Crippen LogP contribution in [0, 0.1) is 0 Å². The Morgan fingerprint density at radius 2 is 1.45 bits per heavy atom. The van der Waals surface area contributed by atoms with Crippen LogP contribution in [0.25, 0.3) is 0 Å². The number of amides is 2. The fourth-order valence-electron chi connectivity index (χ4n) is 2.62. The van der Waals surface area contributed by atoms with E-state index in [1.807, 2.05) is 30.3 Å². The SMILES string of the molecule is COc1ccccc1Oc1ccc(NC(=O)[C@H](C)NC(=O)c2ccccc2)cc1. The van der Waals surface area contributed by atoms with Crippen LogP contribution in [0.15, 0.2) is 78.9 Å². The largest absolute Gasteiger partial charge is 0.493 e. The highest BCUT2D eigenvalue weighted by molar-refractivity contribution is 6.00. The van der Waals surface area contributed by atoms with Gasteiger partial charge in [0.1, 0.15) is 11.8 Å². The van der Waals surface area contributed by atoms with Gasteiger partial charge in [-0.05, 0) is 55.5 Å². The molecule has 29 heavy (non-hydrogen) atoms. The molecule has 0 aliphatic carbocycles. The van der Waals surface area contributed by atoms with E-state index in [0.29, 0.717) is 28.5 Å². The van der Waals surface area contributed by atoms with Gasteiger partial charge in [0.05, 0.1) is 7.11 Å². The maximum absolute atomic E-state index is 12.4. The Bertz CT molecular complexity index is 972. The van der Waals surface area contributed by atoms with E-state index in [1.165, 1.54) is 0 Å². The van der Waals surface area contributed by atoms with E-state index in [0.717, 1.165) is 0 Å². The molecule has 0 saturated carbocycles. The molecule has 3 aromatic rings. The van der Waals surface area contributed by atoms with Crippen LogP contribution in [0.5, 0.6) is 17.2 Å². The fourth-order valence-corrected chi connectivity index (χ4v) is 2.62. The van der Waals surface area contributed by atoms with Crippen molar-refractivity contribution in [2.24, 2.45) is 0 Å². The lowest BCUT2D eigenvalue weighted by Gasteiger charge is -2.15. The van der Waals surface area contributed by atoms with Gasteiger partial charge in [-0.3, -0.25) is 9.59 Å². The summed E-state index contributed by atoms with van der Waals surface area (Å²) in [6.07, 6.45) is 0. The molecule has 0 heterocycles. The summed E-state index contributed by atoms with van der Waals surface area (Å²) in [7, 11) is 1.58. The molecule has 1 atom stereocenters. The number of carbonyl (C=O) groups excluding carboxylic acids is 2. The first-order valence-electron chi connectivity index (χ1n) is 9.14. The first kappa shape index (κ1) is 19.9. The van der Waals surface area contributed by atoms with Gasteiger partial charge in [0.15, 0.2) is 11.5 Å². The minimum absolute atomic E-state index is 0.297. The minimum atomic E-state index is -0.688. The summed E-state index contributed by atoms with van der Waals surface area (Å²) in [5, 5.41) is 5.46. The monoisotopic (exact) mass is 390 g/mol. The highest BCUT2D eigenvalue weighted by Gasteiger charge is 2.16. The normalized spacial score (nSPS) is 11.2. The Morgan fingerprint density at radius 3 is 2.10 bits per heavy atom. The van der Waals surface area contributed by atoms with Crippen LogP contribution in [0.2, 0.25) is 0 Å². The van der Waals surface area contributed by atoms with Gasteiger partial charge in [-0.2, -0.15) is 0 Å². The van der Waals surface area contributed by atoms with Crippen LogP contribution >= 0.6 is 0 Å². The van der Waals surface area contributed by atoms with Crippen LogP contribution in [0.4, 0.5) is 5.69 Å². The van der Waals surface area contributed by atoms with E-state index < -0.39 is 6.04 Å². The number of hydrogen-bond acceptors (Lipinski definition) is 4. The van der Waals surface area contributed by atoms with Crippen molar-refractivity contribution in [2.75, 3.05) is 12.4 Å². The summed E-state index contributed by atoms with van der Waals surface area (Å²) in [5.41, 5.74) is 1.10. The molecule has 3 aromatic carbocycles. The summed E-state index contributed by atoms with van der Waals surface area (Å²) in [6.45, 7) is 1.63. The van der Waals surface area contributed by atoms with Crippen molar-refractivity contribution in [1.82, 2.24) is 5.32 Å². The number of rotatable bonds is 7. The van der Waals surface area contributed by atoms with Crippen LogP contribution in [-0.2, 0) is 4.79 Å². The Kier molecular flexibility index (Phi) is 6.47. The highest BCUT2D eigenvalue weighted by atomic mass is 16.5. The van der Waals surface area contributed by atoms with Gasteiger partial charge in [-0.1, -0.05) is 30.3 Å². The fraction of sp³-hybridized carbons (Fsp3) is 0.130. The Morgan fingerprint density at radius 1 is 0.828 bits per heavy atom. The van der Waals surface area contributed by atoms with Crippen LogP contribution in [-0.4, -0.2) is 25.0 Å². The molecule has 6 nitrogen and oxygen atoms in total. The van der Waals surface area contributed by atoms with Crippen molar-refractivity contribution in [3.8, 4) is 17.2 Å². The molecule has 148 valence electrons. The van der Waals surface area contributed by atoms with E-state index >= 15 is 0 Å². The minimum Gasteiger partial charge on any atom is -0.493 e. The zero-order valence-electron chi connectivity index (χ0n) is 16.2. The number of para-hydroxylation sites is 2. The van der Waals surface area contributed by atoms with Crippen molar-refractivity contribution in [1.29, 1.82) is 0 Å². The summed E-state index contributed by atoms with van der Waals surface area (Å²) in [6, 6.07) is 22.4. The van der Waals surface area contributed by atoms with Gasteiger partial charge in [0.25, 0.3) is 5.91 Å². The Balaban J connectivity index is 1.57. The van der Waals surface area contributed by atoms with Gasteiger partial charge < -0.3 is 20.1 Å². The zero-order chi connectivity index (χ0) is 20.6. The smallest absolute Gasteiger partial charge is 0.251 e. The second-order valence-corrected chi connectivity index (χ2v) is 6.33. The second-order valence-electron chi connectivity index (χ2n) is 6.33. The van der Waals surface area contributed by atoms with E-state index in [4.69, 9.17) is 9.47 Å². The number of ether oxygens (including phenoxy) is 2. The van der Waals surface area contributed by atoms with Crippen molar-refractivity contribution in [2.45, 2.75) is 13.0 Å². The lowest BCUT2D eigenvalue weighted by molar-refractivity contribution is -0.117. The summed E-state index contributed by atoms with van der Waals surface area (Å²) in [4.78, 5) is 24.5. The lowest BCUT2D eigenvalue weighted by Crippen LogP contribution is -2.41. The van der Waals surface area contributed by atoms with E-state index in [9.17, 15) is 9.59 Å². The number of carbonyl (C=O) groups is 2. The molecule has 0 aromatic heterocycles. The zero-order valence-corrected chi connectivity index (χ0v) is 16.2. The van der Waals surface area contributed by atoms with Crippen molar-refractivity contribution in [3.63, 3.8) is 0 Å². The first-order chi connectivity index (χ1) is 14.1. The molecular weight excluding hydrogens is 368 g/mol. The highest BCUT2D eigenvalue weighted by Crippen LogP contribution is 2.31. The third-order valence-electron chi connectivity index (χ3n) is 4.20. The van der Waals surface area contributed by atoms with Crippen molar-refractivity contribution in [3.05, 3.63) is 84.4 Å². The summed E-state index contributed by atoms with van der Waals surface area (Å²) >= 11 is 0. The van der Waals surface area contributed by atoms with E-state index in [2.05, 4.69) is 10.6 Å². The average Bonchev–Trinajstić information content (AvgIpc) is 2.76. The molecule has 0 aliphatic rings. The van der Waals surface area contributed by atoms with Crippen LogP contribution < -0.4 is 20.1 Å². The number of benzene rings is 3. The van der Waals surface area contributed by atoms with Crippen LogP contribution in [0.1, 0.15) is 17.3 Å². The summed E-state index contributed by atoms with van der Waals surface area (Å²) in [5.74, 6) is 1.23. The molecule has 2 amide bonds. The van der Waals surface area contributed by atoms with Gasteiger partial charge in [0.2, 0.25) is 5.91 Å². The predicted octanol–water partition coefficient (Wildman–Crippen LogP) is 4.24. The topological polar surface area (TPSA) is 76.7 Å². The van der Waals surface area contributed by atoms with Crippen molar-refractivity contribution >= 4 is 17.5 Å². The Hall–Kier alpha value is -3.80. The van der Waals surface area contributed by atoms with E-state index in [1.54, 1.807) is 62.6 Å². The lowest BCUT2D eigenvalue weighted by atomic mass is 10.2. The molecule has 0 fully saturated rings. The molecule has 0 aliphatic heterocycles. The Labute approximate surface area is 169 Å². The van der Waals surface area contributed by atoms with Gasteiger partial charge in [-0.15, -0.1) is 0 Å². The average molecular weight is 390 g/mol. The number of nitrogens with one attached hydrogen (secondary N) is 2. The first-order valence-corrected chi connectivity index (χ1v) is 9.14. The van der Waals surface area contributed by atoms with Crippen molar-refractivity contribution < 1.29 is 19.1 Å². The second kappa shape index (κ2) is 9.41. The molecular formula is C23H22N2O4. The third kappa shape index (κ3) is 5.35. The molecule has 3 rings (SSSR count). The van der Waals surface area contributed by atoms with Gasteiger partial charge >= 0.3 is 0 Å². The quantitative estimate of drug-likeness (QED) is 0.632. The molecule has 2 N–H and O–H groups in total. The molecule has 0 radical (unpaired) electrons. The van der Waals surface area contributed by atoms with Crippen LogP contribution in [0.3, 0.4) is 0 Å². The molecule has 0 unspecified atom stereocenters. The predicted molar refractivity (Wildman–Crippen MR) is 112 cm³/mol. The standard InChI is InChI=1S/C23H22N2O4/c1-16(24-23(27)17-8-4-3-5-9-17)22(26)25-18-12-14-19(15-13-18)29-21-11-7-6-10-20(21)28-2/h3-16H,1-2H3,(H,24,27)(H,25,26)/t16-/m0/s1. The van der Waals surface area contributed by atoms with E-state index in [-0.39, 0.29) is 11.8 Å². The number of hydrogen-bond donors (Lipinski definition) is 2. The molecule has 0 spiro atoms. The maximum atomic E-state index is 12.4.